The Hall–Kier alpha value is -1.13. The van der Waals surface area contributed by atoms with Gasteiger partial charge in [-0.15, -0.1) is 12.4 Å². The number of allylic oxidation sites excluding steroid dienone is 2. The average Bonchev–Trinajstić information content (AvgIpc) is 3.43. The maximum Gasteiger partial charge on any atom is 0.251 e. The fourth-order valence-electron chi connectivity index (χ4n) is 6.31. The molecule has 1 heterocycles. The van der Waals surface area contributed by atoms with E-state index in [4.69, 9.17) is 10.7 Å². The van der Waals surface area contributed by atoms with Gasteiger partial charge in [0.2, 0.25) is 0 Å². The molecule has 0 radical (unpaired) electrons. The summed E-state index contributed by atoms with van der Waals surface area (Å²) in [4.78, 5) is 19.7. The first-order valence-electron chi connectivity index (χ1n) is 19.6. The molecule has 264 valence electrons. The molecule has 0 aromatic rings. The molecule has 0 aromatic carbocycles. The largest absolute Gasteiger partial charge is 0.330 e. The van der Waals surface area contributed by atoms with E-state index >= 15 is 0 Å². The second-order valence-electron chi connectivity index (χ2n) is 13.5. The van der Waals surface area contributed by atoms with Crippen LogP contribution in [0.3, 0.4) is 0 Å². The molecule has 1 amide bonds. The van der Waals surface area contributed by atoms with Crippen LogP contribution in [0.15, 0.2) is 29.3 Å². The third-order valence-electron chi connectivity index (χ3n) is 9.23. The van der Waals surface area contributed by atoms with Crippen LogP contribution in [0.25, 0.3) is 0 Å². The number of amides is 1. The standard InChI is InChI=1S/C40H75N3O.ClH/c1-3-5-7-9-11-13-15-17-19-21-23-25-27-29-31-33-39-42-38(35-36-41)37-43(39)40(44)34-32-30-28-26-24-22-20-18-16-14-12-10-8-6-4-2;/h31-34,38H,3-30,35-37,41H2,1-2H3;1H. The Bertz CT molecular complexity index is 735. The van der Waals surface area contributed by atoms with Gasteiger partial charge in [-0.2, -0.15) is 0 Å². The summed E-state index contributed by atoms with van der Waals surface area (Å²) in [5.41, 5.74) is 5.81. The molecule has 2 N–H and O–H groups in total. The number of carbonyl (C=O) groups is 1. The SMILES string of the molecule is CCCCCCCCCCCCCCCC=CC(=O)N1CC(CCN)N=C1C=CCCCCCCCCCCCCCCC.Cl. The highest BCUT2D eigenvalue weighted by atomic mass is 35.5. The molecule has 0 saturated carbocycles. The number of hydrogen-bond donors (Lipinski definition) is 1. The zero-order valence-electron chi connectivity index (χ0n) is 30.1. The van der Waals surface area contributed by atoms with Gasteiger partial charge in [0.15, 0.2) is 0 Å². The van der Waals surface area contributed by atoms with Gasteiger partial charge >= 0.3 is 0 Å². The molecule has 1 atom stereocenters. The Morgan fingerprint density at radius 3 is 1.42 bits per heavy atom. The lowest BCUT2D eigenvalue weighted by molar-refractivity contribution is -0.122. The summed E-state index contributed by atoms with van der Waals surface area (Å²) < 4.78 is 0. The summed E-state index contributed by atoms with van der Waals surface area (Å²) in [5.74, 6) is 0.900. The second-order valence-corrected chi connectivity index (χ2v) is 13.5. The Morgan fingerprint density at radius 2 is 1.02 bits per heavy atom. The zero-order chi connectivity index (χ0) is 31.8. The summed E-state index contributed by atoms with van der Waals surface area (Å²) in [6.45, 7) is 5.85. The van der Waals surface area contributed by atoms with E-state index < -0.39 is 0 Å². The summed E-state index contributed by atoms with van der Waals surface area (Å²) >= 11 is 0. The van der Waals surface area contributed by atoms with E-state index in [1.807, 2.05) is 4.90 Å². The predicted molar refractivity (Wildman–Crippen MR) is 203 cm³/mol. The van der Waals surface area contributed by atoms with Crippen LogP contribution in [0, 0.1) is 0 Å². The van der Waals surface area contributed by atoms with Crippen molar-refractivity contribution in [3.8, 4) is 0 Å². The van der Waals surface area contributed by atoms with Crippen LogP contribution < -0.4 is 5.73 Å². The minimum absolute atomic E-state index is 0. The van der Waals surface area contributed by atoms with Gasteiger partial charge in [0.1, 0.15) is 5.84 Å². The number of unbranched alkanes of at least 4 members (excludes halogenated alkanes) is 26. The fraction of sp³-hybridized carbons (Fsp3) is 0.850. The first-order chi connectivity index (χ1) is 21.7. The van der Waals surface area contributed by atoms with E-state index in [1.165, 1.54) is 167 Å². The van der Waals surface area contributed by atoms with Crippen molar-refractivity contribution in [3.63, 3.8) is 0 Å². The van der Waals surface area contributed by atoms with Crippen molar-refractivity contribution in [1.82, 2.24) is 4.90 Å². The van der Waals surface area contributed by atoms with Crippen molar-refractivity contribution >= 4 is 24.1 Å². The lowest BCUT2D eigenvalue weighted by Gasteiger charge is -2.15. The molecular formula is C40H76ClN3O. The third-order valence-corrected chi connectivity index (χ3v) is 9.23. The van der Waals surface area contributed by atoms with Gasteiger partial charge in [-0.05, 0) is 50.8 Å². The van der Waals surface area contributed by atoms with Gasteiger partial charge in [-0.3, -0.25) is 14.7 Å². The molecule has 0 aromatic heterocycles. The first kappa shape index (κ1) is 43.9. The minimum atomic E-state index is 0. The van der Waals surface area contributed by atoms with E-state index in [1.54, 1.807) is 6.08 Å². The molecule has 0 fully saturated rings. The Morgan fingerprint density at radius 1 is 0.644 bits per heavy atom. The molecule has 1 aliphatic rings. The van der Waals surface area contributed by atoms with Crippen molar-refractivity contribution in [2.24, 2.45) is 10.7 Å². The number of carbonyl (C=O) groups excluding carboxylic acids is 1. The number of nitrogens with two attached hydrogens (primary N) is 1. The molecule has 4 nitrogen and oxygen atoms in total. The monoisotopic (exact) mass is 650 g/mol. The highest BCUT2D eigenvalue weighted by molar-refractivity contribution is 6.08. The van der Waals surface area contributed by atoms with E-state index in [9.17, 15) is 4.79 Å². The average molecular weight is 651 g/mol. The molecule has 45 heavy (non-hydrogen) atoms. The van der Waals surface area contributed by atoms with Crippen molar-refractivity contribution in [3.05, 3.63) is 24.3 Å². The minimum Gasteiger partial charge on any atom is -0.330 e. The van der Waals surface area contributed by atoms with E-state index in [-0.39, 0.29) is 24.4 Å². The zero-order valence-corrected chi connectivity index (χ0v) is 30.9. The number of aliphatic imine (C=N–C) groups is 1. The second kappa shape index (κ2) is 34.2. The van der Waals surface area contributed by atoms with Crippen LogP contribution in [-0.4, -0.2) is 35.8 Å². The fourth-order valence-corrected chi connectivity index (χ4v) is 6.31. The van der Waals surface area contributed by atoms with Gasteiger partial charge in [0.05, 0.1) is 12.6 Å². The highest BCUT2D eigenvalue weighted by Crippen LogP contribution is 2.17. The number of rotatable bonds is 32. The van der Waals surface area contributed by atoms with Crippen LogP contribution in [0.5, 0.6) is 0 Å². The van der Waals surface area contributed by atoms with E-state index in [0.29, 0.717) is 13.1 Å². The van der Waals surface area contributed by atoms with Gasteiger partial charge < -0.3 is 5.73 Å². The quantitative estimate of drug-likeness (QED) is 0.0582. The molecule has 1 unspecified atom stereocenters. The maximum absolute atomic E-state index is 13.0. The number of amidine groups is 1. The Balaban J connectivity index is 0.0000194. The van der Waals surface area contributed by atoms with Crippen molar-refractivity contribution in [1.29, 1.82) is 0 Å². The van der Waals surface area contributed by atoms with E-state index in [2.05, 4.69) is 32.1 Å². The summed E-state index contributed by atoms with van der Waals surface area (Å²) in [7, 11) is 0. The van der Waals surface area contributed by atoms with Crippen LogP contribution in [0.4, 0.5) is 0 Å². The summed E-state index contributed by atoms with van der Waals surface area (Å²) in [6.07, 6.45) is 46.8. The molecule has 1 rings (SSSR count). The number of hydrogen-bond acceptors (Lipinski definition) is 3. The summed E-state index contributed by atoms with van der Waals surface area (Å²) in [6, 6.07) is 0.134. The van der Waals surface area contributed by atoms with Gasteiger partial charge in [-0.1, -0.05) is 180 Å². The molecule has 5 heteroatoms. The highest BCUT2D eigenvalue weighted by Gasteiger charge is 2.26. The van der Waals surface area contributed by atoms with Crippen LogP contribution in [-0.2, 0) is 4.79 Å². The number of nitrogens with zero attached hydrogens (tertiary/aromatic N) is 2. The van der Waals surface area contributed by atoms with Gasteiger partial charge in [0, 0.05) is 0 Å². The lowest BCUT2D eigenvalue weighted by atomic mass is 10.0. The van der Waals surface area contributed by atoms with E-state index in [0.717, 1.165) is 25.1 Å². The lowest BCUT2D eigenvalue weighted by Crippen LogP contribution is -2.33. The molecular weight excluding hydrogens is 574 g/mol. The Labute approximate surface area is 287 Å². The van der Waals surface area contributed by atoms with Crippen molar-refractivity contribution in [2.75, 3.05) is 13.1 Å². The molecule has 0 saturated heterocycles. The van der Waals surface area contributed by atoms with Gasteiger partial charge in [-0.25, -0.2) is 0 Å². The molecule has 0 bridgehead atoms. The third kappa shape index (κ3) is 26.6. The van der Waals surface area contributed by atoms with Crippen molar-refractivity contribution in [2.45, 2.75) is 206 Å². The molecule has 0 spiro atoms. The van der Waals surface area contributed by atoms with Crippen molar-refractivity contribution < 1.29 is 4.79 Å². The molecule has 1 aliphatic heterocycles. The maximum atomic E-state index is 13.0. The first-order valence-corrected chi connectivity index (χ1v) is 19.6. The number of halogens is 1. The predicted octanol–water partition coefficient (Wildman–Crippen LogP) is 12.4. The van der Waals surface area contributed by atoms with Crippen LogP contribution in [0.1, 0.15) is 200 Å². The van der Waals surface area contributed by atoms with Crippen LogP contribution >= 0.6 is 12.4 Å². The Kier molecular flexibility index (Phi) is 33.4. The van der Waals surface area contributed by atoms with Crippen LogP contribution in [0.2, 0.25) is 0 Å². The smallest absolute Gasteiger partial charge is 0.251 e. The summed E-state index contributed by atoms with van der Waals surface area (Å²) in [5, 5.41) is 0. The topological polar surface area (TPSA) is 58.7 Å². The normalized spacial score (nSPS) is 15.0. The van der Waals surface area contributed by atoms with Gasteiger partial charge in [0.25, 0.3) is 5.91 Å². The molecule has 0 aliphatic carbocycles.